The van der Waals surface area contributed by atoms with Crippen LogP contribution in [0.2, 0.25) is 0 Å². The molecule has 3 fully saturated rings. The molecular formula is C30H48O5. The fourth-order valence-electron chi connectivity index (χ4n) is 6.33. The van der Waals surface area contributed by atoms with E-state index in [-0.39, 0.29) is 31.4 Å². The third-order valence-corrected chi connectivity index (χ3v) is 8.35. The average molecular weight is 489 g/mol. The summed E-state index contributed by atoms with van der Waals surface area (Å²) in [5, 5.41) is 9.83. The van der Waals surface area contributed by atoms with Crippen molar-refractivity contribution in [3.05, 3.63) is 35.5 Å². The molecule has 0 spiro atoms. The molecule has 5 nitrogen and oxygen atoms in total. The Hall–Kier alpha value is -0.980. The molecule has 0 radical (unpaired) electrons. The quantitative estimate of drug-likeness (QED) is 0.252. The largest absolute Gasteiger partial charge is 0.392 e. The van der Waals surface area contributed by atoms with Crippen molar-refractivity contribution in [3.63, 3.8) is 0 Å². The molecule has 2 saturated heterocycles. The SMILES string of the molecule is C/C=C(\CO)C1=C[C@H]2C[C@@H](OC3CCCCO3)[C@H](/C=C/[C@H](CCCCC)OC3CCCCO3)[C@H]2C1. The van der Waals surface area contributed by atoms with E-state index in [4.69, 9.17) is 18.9 Å². The number of aliphatic hydroxyl groups excluding tert-OH is 1. The van der Waals surface area contributed by atoms with Crippen LogP contribution >= 0.6 is 0 Å². The zero-order valence-corrected chi connectivity index (χ0v) is 22.0. The predicted molar refractivity (Wildman–Crippen MR) is 139 cm³/mol. The van der Waals surface area contributed by atoms with E-state index >= 15 is 0 Å². The summed E-state index contributed by atoms with van der Waals surface area (Å²) < 4.78 is 24.9. The molecule has 5 heteroatoms. The molecule has 0 aromatic carbocycles. The number of hydrogen-bond acceptors (Lipinski definition) is 5. The van der Waals surface area contributed by atoms with Crippen LogP contribution in [-0.4, -0.2) is 49.7 Å². The maximum absolute atomic E-state index is 9.83. The molecule has 0 aromatic rings. The Bertz CT molecular complexity index is 716. The van der Waals surface area contributed by atoms with Gasteiger partial charge in [-0.1, -0.05) is 50.5 Å². The van der Waals surface area contributed by atoms with E-state index in [0.29, 0.717) is 17.8 Å². The van der Waals surface area contributed by atoms with E-state index in [0.717, 1.165) is 63.7 Å². The molecule has 4 aliphatic rings. The van der Waals surface area contributed by atoms with Gasteiger partial charge in [0.05, 0.1) is 18.8 Å². The van der Waals surface area contributed by atoms with Crippen LogP contribution < -0.4 is 0 Å². The summed E-state index contributed by atoms with van der Waals surface area (Å²) in [5.41, 5.74) is 2.40. The van der Waals surface area contributed by atoms with E-state index < -0.39 is 0 Å². The highest BCUT2D eigenvalue weighted by Gasteiger charge is 2.46. The number of fused-ring (bicyclic) bond motifs is 1. The van der Waals surface area contributed by atoms with Gasteiger partial charge in [-0.3, -0.25) is 0 Å². The lowest BCUT2D eigenvalue weighted by atomic mass is 9.88. The summed E-state index contributed by atoms with van der Waals surface area (Å²) in [4.78, 5) is 0. The maximum atomic E-state index is 9.83. The van der Waals surface area contributed by atoms with Crippen LogP contribution in [0.25, 0.3) is 0 Å². The van der Waals surface area contributed by atoms with E-state index in [9.17, 15) is 5.11 Å². The zero-order valence-electron chi connectivity index (χ0n) is 22.0. The third-order valence-electron chi connectivity index (χ3n) is 8.35. The normalized spacial score (nSPS) is 34.8. The molecule has 2 heterocycles. The molecule has 0 amide bonds. The van der Waals surface area contributed by atoms with Crippen LogP contribution in [0.3, 0.4) is 0 Å². The molecule has 35 heavy (non-hydrogen) atoms. The van der Waals surface area contributed by atoms with Gasteiger partial charge in [-0.25, -0.2) is 0 Å². The number of aliphatic hydroxyl groups is 1. The van der Waals surface area contributed by atoms with Crippen molar-refractivity contribution in [1.82, 2.24) is 0 Å². The van der Waals surface area contributed by atoms with Crippen LogP contribution in [-0.2, 0) is 18.9 Å². The first kappa shape index (κ1) is 27.1. The van der Waals surface area contributed by atoms with Gasteiger partial charge < -0.3 is 24.1 Å². The smallest absolute Gasteiger partial charge is 0.158 e. The van der Waals surface area contributed by atoms with E-state index in [1.807, 2.05) is 6.92 Å². The first-order valence-corrected chi connectivity index (χ1v) is 14.4. The summed E-state index contributed by atoms with van der Waals surface area (Å²) in [6.45, 7) is 6.01. The standard InChI is InChI=1S/C30H48O5/c1-3-5-6-11-25(34-29-12-7-9-16-32-29)14-15-26-27-19-23(22(4-2)21-31)18-24(27)20-28(26)35-30-13-8-10-17-33-30/h4,14-15,18,24-31H,3,5-13,16-17,19-21H2,1-2H3/b15-14+,22-4+/t24-,25-,26+,27-,28+,29?,30?/m0/s1. The Balaban J connectivity index is 1.47. The van der Waals surface area contributed by atoms with Gasteiger partial charge in [0, 0.05) is 19.1 Å². The van der Waals surface area contributed by atoms with Crippen LogP contribution in [0.4, 0.5) is 0 Å². The average Bonchev–Trinajstić information content (AvgIpc) is 3.42. The highest BCUT2D eigenvalue weighted by Crippen LogP contribution is 2.50. The van der Waals surface area contributed by atoms with Crippen molar-refractivity contribution in [2.24, 2.45) is 17.8 Å². The van der Waals surface area contributed by atoms with Crippen molar-refractivity contribution < 1.29 is 24.1 Å². The number of hydrogen-bond donors (Lipinski definition) is 1. The van der Waals surface area contributed by atoms with Crippen molar-refractivity contribution >= 4 is 0 Å². The summed E-state index contributed by atoms with van der Waals surface area (Å²) in [7, 11) is 0. The first-order chi connectivity index (χ1) is 17.2. The summed E-state index contributed by atoms with van der Waals surface area (Å²) in [6.07, 6.45) is 22.7. The molecule has 7 atom stereocenters. The van der Waals surface area contributed by atoms with Gasteiger partial charge in [-0.05, 0) is 87.7 Å². The molecule has 0 bridgehead atoms. The lowest BCUT2D eigenvalue weighted by Gasteiger charge is -2.30. The minimum Gasteiger partial charge on any atom is -0.392 e. The Morgan fingerprint density at radius 2 is 1.89 bits per heavy atom. The summed E-state index contributed by atoms with van der Waals surface area (Å²) in [6, 6.07) is 0. The minimum absolute atomic E-state index is 0.0669. The Kier molecular flexibility index (Phi) is 10.9. The molecular weight excluding hydrogens is 440 g/mol. The zero-order chi connectivity index (χ0) is 24.5. The Morgan fingerprint density at radius 1 is 1.11 bits per heavy atom. The first-order valence-electron chi connectivity index (χ1n) is 14.4. The minimum atomic E-state index is -0.0689. The second-order valence-corrected chi connectivity index (χ2v) is 10.8. The molecule has 4 rings (SSSR count). The predicted octanol–water partition coefficient (Wildman–Crippen LogP) is 6.47. The van der Waals surface area contributed by atoms with Gasteiger partial charge in [0.15, 0.2) is 12.6 Å². The fraction of sp³-hybridized carbons (Fsp3) is 0.800. The number of rotatable bonds is 12. The lowest BCUT2D eigenvalue weighted by molar-refractivity contribution is -0.193. The third kappa shape index (κ3) is 7.52. The Labute approximate surface area is 212 Å². The monoisotopic (exact) mass is 488 g/mol. The molecule has 1 saturated carbocycles. The maximum Gasteiger partial charge on any atom is 0.158 e. The van der Waals surface area contributed by atoms with E-state index in [2.05, 4.69) is 31.2 Å². The van der Waals surface area contributed by atoms with Crippen LogP contribution in [0.5, 0.6) is 0 Å². The molecule has 2 aliphatic carbocycles. The molecule has 0 aromatic heterocycles. The summed E-state index contributed by atoms with van der Waals surface area (Å²) in [5.74, 6) is 1.34. The van der Waals surface area contributed by atoms with Gasteiger partial charge >= 0.3 is 0 Å². The highest BCUT2D eigenvalue weighted by atomic mass is 16.7. The fourth-order valence-corrected chi connectivity index (χ4v) is 6.33. The van der Waals surface area contributed by atoms with Crippen molar-refractivity contribution in [1.29, 1.82) is 0 Å². The summed E-state index contributed by atoms with van der Waals surface area (Å²) >= 11 is 0. The van der Waals surface area contributed by atoms with Gasteiger partial charge in [-0.15, -0.1) is 0 Å². The van der Waals surface area contributed by atoms with Crippen molar-refractivity contribution in [2.75, 3.05) is 19.8 Å². The molecule has 1 N–H and O–H groups in total. The molecule has 198 valence electrons. The second kappa shape index (κ2) is 14.1. The van der Waals surface area contributed by atoms with E-state index in [1.165, 1.54) is 37.7 Å². The van der Waals surface area contributed by atoms with Gasteiger partial charge in [0.2, 0.25) is 0 Å². The van der Waals surface area contributed by atoms with E-state index in [1.54, 1.807) is 0 Å². The number of ether oxygens (including phenoxy) is 4. The molecule has 2 aliphatic heterocycles. The van der Waals surface area contributed by atoms with Crippen LogP contribution in [0, 0.1) is 17.8 Å². The number of unbranched alkanes of at least 4 members (excludes halogenated alkanes) is 2. The topological polar surface area (TPSA) is 57.2 Å². The Morgan fingerprint density at radius 3 is 2.54 bits per heavy atom. The van der Waals surface area contributed by atoms with Gasteiger partial charge in [-0.2, -0.15) is 0 Å². The van der Waals surface area contributed by atoms with Gasteiger partial charge in [0.25, 0.3) is 0 Å². The van der Waals surface area contributed by atoms with Crippen molar-refractivity contribution in [3.8, 4) is 0 Å². The highest BCUT2D eigenvalue weighted by molar-refractivity contribution is 5.37. The second-order valence-electron chi connectivity index (χ2n) is 10.8. The molecule has 2 unspecified atom stereocenters. The number of allylic oxidation sites excluding steroid dienone is 2. The van der Waals surface area contributed by atoms with Crippen molar-refractivity contribution in [2.45, 2.75) is 116 Å². The van der Waals surface area contributed by atoms with Crippen LogP contribution in [0.15, 0.2) is 35.5 Å². The van der Waals surface area contributed by atoms with Gasteiger partial charge in [0.1, 0.15) is 0 Å². The van der Waals surface area contributed by atoms with Crippen LogP contribution in [0.1, 0.15) is 90.9 Å². The lowest BCUT2D eigenvalue weighted by Crippen LogP contribution is -2.31.